The molecule has 0 fully saturated rings. The molecule has 0 aliphatic carbocycles. The summed E-state index contributed by atoms with van der Waals surface area (Å²) in [6, 6.07) is 11.8. The van der Waals surface area contributed by atoms with E-state index in [4.69, 9.17) is 11.6 Å². The minimum absolute atomic E-state index is 0.0412. The van der Waals surface area contributed by atoms with Crippen molar-refractivity contribution in [3.05, 3.63) is 62.6 Å². The normalized spacial score (nSPS) is 10.7. The van der Waals surface area contributed by atoms with Gasteiger partial charge in [-0.2, -0.15) is 0 Å². The van der Waals surface area contributed by atoms with Crippen molar-refractivity contribution in [2.45, 2.75) is 0 Å². The third-order valence-electron chi connectivity index (χ3n) is 2.92. The van der Waals surface area contributed by atoms with Gasteiger partial charge in [-0.05, 0) is 17.5 Å². The van der Waals surface area contributed by atoms with Crippen molar-refractivity contribution in [3.63, 3.8) is 0 Å². The number of fused-ring (bicyclic) bond motifs is 1. The average Bonchev–Trinajstić information content (AvgIpc) is 2.47. The molecular weight excluding hydrogens is 342 g/mol. The summed E-state index contributed by atoms with van der Waals surface area (Å²) in [6.07, 6.45) is 1.32. The molecule has 0 radical (unpaired) electrons. The summed E-state index contributed by atoms with van der Waals surface area (Å²) in [5.74, 6) is 0.336. The molecule has 3 aromatic rings. The van der Waals surface area contributed by atoms with Gasteiger partial charge in [0, 0.05) is 15.5 Å². The standard InChI is InChI=1S/C14H9BrClN3O/c15-10-5-6-11(9-4-2-1-3-8(9)10)19-13-12(16)14(20)18-7-17-13/h1-7H,(H2,17,18,19,20). The zero-order valence-electron chi connectivity index (χ0n) is 10.2. The number of hydrogen-bond acceptors (Lipinski definition) is 3. The van der Waals surface area contributed by atoms with Crippen LogP contribution in [0.2, 0.25) is 5.02 Å². The fraction of sp³-hybridized carbons (Fsp3) is 0. The lowest BCUT2D eigenvalue weighted by Gasteiger charge is -2.10. The molecule has 4 nitrogen and oxygen atoms in total. The second-order valence-corrected chi connectivity index (χ2v) is 5.39. The van der Waals surface area contributed by atoms with Crippen molar-refractivity contribution in [1.29, 1.82) is 0 Å². The fourth-order valence-electron chi connectivity index (χ4n) is 1.97. The predicted octanol–water partition coefficient (Wildman–Crippen LogP) is 4.08. The van der Waals surface area contributed by atoms with E-state index in [-0.39, 0.29) is 10.6 Å². The van der Waals surface area contributed by atoms with Crippen LogP contribution in [0, 0.1) is 0 Å². The van der Waals surface area contributed by atoms with E-state index < -0.39 is 0 Å². The number of benzene rings is 2. The van der Waals surface area contributed by atoms with Crippen LogP contribution in [0.1, 0.15) is 0 Å². The molecule has 0 spiro atoms. The molecule has 0 unspecified atom stereocenters. The number of nitrogens with one attached hydrogen (secondary N) is 2. The van der Waals surface area contributed by atoms with Crippen molar-refractivity contribution in [2.24, 2.45) is 0 Å². The van der Waals surface area contributed by atoms with E-state index in [0.29, 0.717) is 5.82 Å². The van der Waals surface area contributed by atoms with E-state index >= 15 is 0 Å². The van der Waals surface area contributed by atoms with Gasteiger partial charge >= 0.3 is 0 Å². The van der Waals surface area contributed by atoms with Crippen molar-refractivity contribution >= 4 is 49.8 Å². The van der Waals surface area contributed by atoms with E-state index in [2.05, 4.69) is 31.2 Å². The zero-order valence-corrected chi connectivity index (χ0v) is 12.5. The number of hydrogen-bond donors (Lipinski definition) is 2. The molecule has 0 saturated carbocycles. The number of aromatic amines is 1. The summed E-state index contributed by atoms with van der Waals surface area (Å²) >= 11 is 9.47. The van der Waals surface area contributed by atoms with E-state index in [1.54, 1.807) is 0 Å². The van der Waals surface area contributed by atoms with Crippen molar-refractivity contribution < 1.29 is 0 Å². The van der Waals surface area contributed by atoms with Gasteiger partial charge < -0.3 is 10.3 Å². The third-order valence-corrected chi connectivity index (χ3v) is 3.96. The molecule has 6 heteroatoms. The van der Waals surface area contributed by atoms with Crippen LogP contribution in [0.5, 0.6) is 0 Å². The molecule has 20 heavy (non-hydrogen) atoms. The van der Waals surface area contributed by atoms with Crippen LogP contribution in [0.3, 0.4) is 0 Å². The molecule has 3 rings (SSSR count). The SMILES string of the molecule is O=c1[nH]cnc(Nc2ccc(Br)c3ccccc23)c1Cl. The van der Waals surface area contributed by atoms with Gasteiger partial charge in [-0.25, -0.2) is 4.98 Å². The number of anilines is 2. The highest BCUT2D eigenvalue weighted by atomic mass is 79.9. The highest BCUT2D eigenvalue weighted by Crippen LogP contribution is 2.32. The topological polar surface area (TPSA) is 57.8 Å². The van der Waals surface area contributed by atoms with Gasteiger partial charge in [0.1, 0.15) is 5.02 Å². The Balaban J connectivity index is 2.14. The molecule has 2 N–H and O–H groups in total. The Labute approximate surface area is 127 Å². The van der Waals surface area contributed by atoms with Gasteiger partial charge in [0.15, 0.2) is 5.82 Å². The van der Waals surface area contributed by atoms with Gasteiger partial charge in [0.25, 0.3) is 5.56 Å². The second kappa shape index (κ2) is 5.26. The van der Waals surface area contributed by atoms with Gasteiger partial charge in [-0.1, -0.05) is 51.8 Å². The minimum Gasteiger partial charge on any atom is -0.338 e. The van der Waals surface area contributed by atoms with Crippen LogP contribution < -0.4 is 10.9 Å². The predicted molar refractivity (Wildman–Crippen MR) is 84.8 cm³/mol. The minimum atomic E-state index is -0.370. The quantitative estimate of drug-likeness (QED) is 0.732. The lowest BCUT2D eigenvalue weighted by atomic mass is 10.1. The van der Waals surface area contributed by atoms with E-state index in [0.717, 1.165) is 20.9 Å². The monoisotopic (exact) mass is 349 g/mol. The van der Waals surface area contributed by atoms with Crippen molar-refractivity contribution in [2.75, 3.05) is 5.32 Å². The number of rotatable bonds is 2. The number of nitrogens with zero attached hydrogens (tertiary/aromatic N) is 1. The molecule has 1 aromatic heterocycles. The molecule has 0 aliphatic heterocycles. The van der Waals surface area contributed by atoms with Crippen molar-refractivity contribution in [1.82, 2.24) is 9.97 Å². The van der Waals surface area contributed by atoms with Crippen LogP contribution in [0.25, 0.3) is 10.8 Å². The molecule has 0 saturated heterocycles. The number of H-pyrrole nitrogens is 1. The Morgan fingerprint density at radius 2 is 1.90 bits per heavy atom. The molecule has 0 aliphatic rings. The molecule has 0 bridgehead atoms. The van der Waals surface area contributed by atoms with Gasteiger partial charge in [0.05, 0.1) is 6.33 Å². The Bertz CT molecular complexity index is 847. The molecule has 2 aromatic carbocycles. The maximum atomic E-state index is 11.5. The first-order valence-corrected chi connectivity index (χ1v) is 7.01. The largest absolute Gasteiger partial charge is 0.338 e. The summed E-state index contributed by atoms with van der Waals surface area (Å²) in [6.45, 7) is 0. The van der Waals surface area contributed by atoms with Crippen LogP contribution in [0.4, 0.5) is 11.5 Å². The first kappa shape index (κ1) is 13.1. The maximum Gasteiger partial charge on any atom is 0.271 e. The smallest absolute Gasteiger partial charge is 0.271 e. The average molecular weight is 351 g/mol. The summed E-state index contributed by atoms with van der Waals surface area (Å²) in [5, 5.41) is 5.22. The van der Waals surface area contributed by atoms with Crippen molar-refractivity contribution in [3.8, 4) is 0 Å². The van der Waals surface area contributed by atoms with Crippen LogP contribution in [0.15, 0.2) is 52.0 Å². The van der Waals surface area contributed by atoms with Gasteiger partial charge in [0.2, 0.25) is 0 Å². The van der Waals surface area contributed by atoms with E-state index in [1.807, 2.05) is 36.4 Å². The Hall–Kier alpha value is -1.85. The Morgan fingerprint density at radius 3 is 2.70 bits per heavy atom. The lowest BCUT2D eigenvalue weighted by Crippen LogP contribution is -2.09. The second-order valence-electron chi connectivity index (χ2n) is 4.16. The Morgan fingerprint density at radius 1 is 1.15 bits per heavy atom. The molecule has 1 heterocycles. The molecular formula is C14H9BrClN3O. The van der Waals surface area contributed by atoms with Crippen LogP contribution >= 0.6 is 27.5 Å². The van der Waals surface area contributed by atoms with Crippen LogP contribution in [-0.2, 0) is 0 Å². The first-order chi connectivity index (χ1) is 9.66. The van der Waals surface area contributed by atoms with Gasteiger partial charge in [-0.3, -0.25) is 4.79 Å². The first-order valence-electron chi connectivity index (χ1n) is 5.84. The Kier molecular flexibility index (Phi) is 3.46. The highest BCUT2D eigenvalue weighted by Gasteiger charge is 2.09. The molecule has 0 amide bonds. The lowest BCUT2D eigenvalue weighted by molar-refractivity contribution is 1.12. The van der Waals surface area contributed by atoms with Gasteiger partial charge in [-0.15, -0.1) is 0 Å². The zero-order chi connectivity index (χ0) is 14.1. The maximum absolute atomic E-state index is 11.5. The summed E-state index contributed by atoms with van der Waals surface area (Å²) < 4.78 is 1.00. The number of aromatic nitrogens is 2. The highest BCUT2D eigenvalue weighted by molar-refractivity contribution is 9.10. The van der Waals surface area contributed by atoms with E-state index in [1.165, 1.54) is 6.33 Å². The van der Waals surface area contributed by atoms with Crippen LogP contribution in [-0.4, -0.2) is 9.97 Å². The van der Waals surface area contributed by atoms with E-state index in [9.17, 15) is 4.79 Å². The molecule has 0 atom stereocenters. The summed E-state index contributed by atoms with van der Waals surface area (Å²) in [4.78, 5) is 18.0. The third kappa shape index (κ3) is 2.30. The summed E-state index contributed by atoms with van der Waals surface area (Å²) in [7, 11) is 0. The molecule has 100 valence electrons. The fourth-order valence-corrected chi connectivity index (χ4v) is 2.60. The summed E-state index contributed by atoms with van der Waals surface area (Å²) in [5.41, 5.74) is 0.467. The number of halogens is 2.